The van der Waals surface area contributed by atoms with Gasteiger partial charge in [0.2, 0.25) is 0 Å². The van der Waals surface area contributed by atoms with Gasteiger partial charge < -0.3 is 21.3 Å². The van der Waals surface area contributed by atoms with Crippen molar-refractivity contribution in [2.75, 3.05) is 5.32 Å². The lowest BCUT2D eigenvalue weighted by atomic mass is 9.94. The van der Waals surface area contributed by atoms with Crippen molar-refractivity contribution in [1.29, 1.82) is 5.41 Å². The minimum absolute atomic E-state index is 0. The summed E-state index contributed by atoms with van der Waals surface area (Å²) in [5, 5.41) is 17.5. The number of rotatable bonds is 5. The number of pyridine rings is 1. The van der Waals surface area contributed by atoms with E-state index in [-0.39, 0.29) is 22.2 Å². The minimum atomic E-state index is -0.238. The van der Waals surface area contributed by atoms with Gasteiger partial charge in [-0.1, -0.05) is 31.4 Å². The lowest BCUT2D eigenvalue weighted by Gasteiger charge is -2.25. The Kier molecular flexibility index (Phi) is 8.53. The molecule has 1 saturated carbocycles. The fourth-order valence-electron chi connectivity index (χ4n) is 3.16. The summed E-state index contributed by atoms with van der Waals surface area (Å²) in [5.41, 5.74) is 1.84. The van der Waals surface area contributed by atoms with Gasteiger partial charge in [0, 0.05) is 22.7 Å². The van der Waals surface area contributed by atoms with E-state index < -0.39 is 0 Å². The zero-order valence-corrected chi connectivity index (χ0v) is 15.3. The fraction of sp³-hybridized carbons (Fsp3) is 0.333. The highest BCUT2D eigenvalue weighted by atomic mass is 32.2. The molecular weight excluding hydrogens is 352 g/mol. The maximum atomic E-state index is 12.4. The lowest BCUT2D eigenvalue weighted by Crippen LogP contribution is -2.27. The standard InChI is InChI=1S/C18H22N4OS.2H2O/c19-17(12-6-8-14(24-20)9-7-12)16-15(10-11-21-18(16)23)22-13-4-2-1-3-5-13;;/h6-11,13,19H,1-5,20H2,(H2,21,22,23);2*1H2. The minimum Gasteiger partial charge on any atom is -0.412 e. The highest BCUT2D eigenvalue weighted by Crippen LogP contribution is 2.24. The summed E-state index contributed by atoms with van der Waals surface area (Å²) in [7, 11) is 0. The van der Waals surface area contributed by atoms with Crippen LogP contribution in [-0.4, -0.2) is 27.7 Å². The van der Waals surface area contributed by atoms with Gasteiger partial charge in [0.15, 0.2) is 0 Å². The topological polar surface area (TPSA) is 158 Å². The SMILES string of the molecule is N=C(c1ccc(SN)cc1)c1c(NC2CCCCC2)cc[nH]c1=O.O.O. The molecule has 26 heavy (non-hydrogen) atoms. The maximum Gasteiger partial charge on any atom is 0.259 e. The number of hydrogen-bond donors (Lipinski definition) is 4. The molecule has 7 nitrogen and oxygen atoms in total. The number of aromatic amines is 1. The number of nitrogens with two attached hydrogens (primary N) is 1. The summed E-state index contributed by atoms with van der Waals surface area (Å²) in [5.74, 6) is 0. The first kappa shape index (κ1) is 21.9. The van der Waals surface area contributed by atoms with Crippen molar-refractivity contribution in [3.63, 3.8) is 0 Å². The number of anilines is 1. The van der Waals surface area contributed by atoms with Crippen LogP contribution in [0, 0.1) is 5.41 Å². The number of H-pyrrole nitrogens is 1. The molecule has 1 aliphatic rings. The van der Waals surface area contributed by atoms with E-state index in [0.717, 1.165) is 35.4 Å². The molecule has 0 saturated heterocycles. The first-order valence-electron chi connectivity index (χ1n) is 8.23. The van der Waals surface area contributed by atoms with Crippen molar-refractivity contribution in [2.24, 2.45) is 5.14 Å². The van der Waals surface area contributed by atoms with E-state index in [1.165, 1.54) is 19.3 Å². The Morgan fingerprint density at radius 3 is 2.38 bits per heavy atom. The van der Waals surface area contributed by atoms with Crippen LogP contribution in [0.3, 0.4) is 0 Å². The Balaban J connectivity index is 0.00000169. The fourth-order valence-corrected chi connectivity index (χ4v) is 3.45. The molecule has 0 bridgehead atoms. The van der Waals surface area contributed by atoms with Gasteiger partial charge >= 0.3 is 0 Å². The number of benzene rings is 1. The van der Waals surface area contributed by atoms with Crippen LogP contribution in [0.15, 0.2) is 46.2 Å². The number of nitrogens with one attached hydrogen (secondary N) is 3. The molecule has 1 heterocycles. The third-order valence-electron chi connectivity index (χ3n) is 4.45. The largest absolute Gasteiger partial charge is 0.412 e. The molecular formula is C18H26N4O3S. The van der Waals surface area contributed by atoms with Crippen LogP contribution in [0.1, 0.15) is 43.2 Å². The first-order chi connectivity index (χ1) is 11.7. The van der Waals surface area contributed by atoms with Gasteiger partial charge in [0.25, 0.3) is 5.56 Å². The molecule has 0 unspecified atom stereocenters. The normalized spacial score (nSPS) is 14.0. The Morgan fingerprint density at radius 2 is 1.77 bits per heavy atom. The molecule has 1 aromatic carbocycles. The lowest BCUT2D eigenvalue weighted by molar-refractivity contribution is 0.462. The predicted molar refractivity (Wildman–Crippen MR) is 107 cm³/mol. The molecule has 0 amide bonds. The van der Waals surface area contributed by atoms with Crippen molar-refractivity contribution >= 4 is 23.3 Å². The van der Waals surface area contributed by atoms with Crippen molar-refractivity contribution < 1.29 is 11.0 Å². The average molecular weight is 378 g/mol. The molecule has 3 rings (SSSR count). The Labute approximate surface area is 156 Å². The summed E-state index contributed by atoms with van der Waals surface area (Å²) in [6.45, 7) is 0. The highest BCUT2D eigenvalue weighted by Gasteiger charge is 2.18. The van der Waals surface area contributed by atoms with E-state index >= 15 is 0 Å². The van der Waals surface area contributed by atoms with E-state index in [1.807, 2.05) is 30.3 Å². The predicted octanol–water partition coefficient (Wildman–Crippen LogP) is 1.85. The molecule has 0 spiro atoms. The van der Waals surface area contributed by atoms with Crippen molar-refractivity contribution in [2.45, 2.75) is 43.0 Å². The molecule has 142 valence electrons. The van der Waals surface area contributed by atoms with Gasteiger partial charge in [-0.2, -0.15) is 0 Å². The van der Waals surface area contributed by atoms with Gasteiger partial charge in [-0.15, -0.1) is 0 Å². The van der Waals surface area contributed by atoms with Crippen molar-refractivity contribution in [3.05, 3.63) is 58.0 Å². The molecule has 1 aliphatic carbocycles. The zero-order valence-electron chi connectivity index (χ0n) is 14.5. The van der Waals surface area contributed by atoms with E-state index in [1.54, 1.807) is 6.20 Å². The molecule has 9 N–H and O–H groups in total. The monoisotopic (exact) mass is 378 g/mol. The maximum absolute atomic E-state index is 12.4. The van der Waals surface area contributed by atoms with Gasteiger partial charge in [-0.05, 0) is 43.0 Å². The van der Waals surface area contributed by atoms with Gasteiger partial charge in [-0.3, -0.25) is 15.3 Å². The zero-order chi connectivity index (χ0) is 16.9. The van der Waals surface area contributed by atoms with Crippen LogP contribution in [0.5, 0.6) is 0 Å². The van der Waals surface area contributed by atoms with Crippen LogP contribution < -0.4 is 16.0 Å². The quantitative estimate of drug-likeness (QED) is 0.462. The summed E-state index contributed by atoms with van der Waals surface area (Å²) in [4.78, 5) is 16.0. The summed E-state index contributed by atoms with van der Waals surface area (Å²) in [6.07, 6.45) is 7.57. The molecule has 1 fully saturated rings. The van der Waals surface area contributed by atoms with E-state index in [9.17, 15) is 4.79 Å². The number of aromatic nitrogens is 1. The van der Waals surface area contributed by atoms with Crippen LogP contribution in [-0.2, 0) is 0 Å². The second kappa shape index (κ2) is 10.1. The van der Waals surface area contributed by atoms with E-state index in [2.05, 4.69) is 10.3 Å². The second-order valence-corrected chi connectivity index (χ2v) is 6.80. The first-order valence-corrected chi connectivity index (χ1v) is 9.11. The van der Waals surface area contributed by atoms with Crippen molar-refractivity contribution in [3.8, 4) is 0 Å². The highest BCUT2D eigenvalue weighted by molar-refractivity contribution is 7.97. The van der Waals surface area contributed by atoms with E-state index in [4.69, 9.17) is 10.5 Å². The third kappa shape index (κ3) is 4.95. The number of hydrogen-bond acceptors (Lipinski definition) is 5. The van der Waals surface area contributed by atoms with Crippen LogP contribution in [0.2, 0.25) is 0 Å². The van der Waals surface area contributed by atoms with Crippen LogP contribution >= 0.6 is 11.9 Å². The Hall–Kier alpha value is -2.13. The molecule has 2 aromatic rings. The summed E-state index contributed by atoms with van der Waals surface area (Å²) >= 11 is 1.16. The van der Waals surface area contributed by atoms with Gasteiger partial charge in [0.05, 0.1) is 17.0 Å². The summed E-state index contributed by atoms with van der Waals surface area (Å²) in [6, 6.07) is 9.61. The Bertz CT molecular complexity index is 771. The molecule has 1 aromatic heterocycles. The van der Waals surface area contributed by atoms with Crippen LogP contribution in [0.4, 0.5) is 5.69 Å². The van der Waals surface area contributed by atoms with Gasteiger partial charge in [0.1, 0.15) is 0 Å². The van der Waals surface area contributed by atoms with Gasteiger partial charge in [-0.25, -0.2) is 0 Å². The molecule has 0 radical (unpaired) electrons. The van der Waals surface area contributed by atoms with Crippen molar-refractivity contribution in [1.82, 2.24) is 4.98 Å². The third-order valence-corrected chi connectivity index (χ3v) is 5.00. The molecule has 0 atom stereocenters. The van der Waals surface area contributed by atoms with Crippen LogP contribution in [0.25, 0.3) is 0 Å². The molecule has 8 heteroatoms. The Morgan fingerprint density at radius 1 is 1.12 bits per heavy atom. The van der Waals surface area contributed by atoms with E-state index in [0.29, 0.717) is 17.2 Å². The molecule has 0 aliphatic heterocycles. The summed E-state index contributed by atoms with van der Waals surface area (Å²) < 4.78 is 0. The second-order valence-electron chi connectivity index (χ2n) is 6.09. The smallest absolute Gasteiger partial charge is 0.259 e. The average Bonchev–Trinajstić information content (AvgIpc) is 2.62.